The molecule has 0 saturated heterocycles. The van der Waals surface area contributed by atoms with Crippen molar-refractivity contribution in [3.63, 3.8) is 0 Å². The molecule has 252 valence electrons. The maximum absolute atomic E-state index is 12.9. The first-order chi connectivity index (χ1) is 19.6. The first kappa shape index (κ1) is 40.9. The summed E-state index contributed by atoms with van der Waals surface area (Å²) in [5.74, 6) is -2.51. The number of nitrogens with one attached hydrogen (secondary N) is 4. The van der Waals surface area contributed by atoms with E-state index in [1.165, 1.54) is 0 Å². The van der Waals surface area contributed by atoms with Crippen LogP contribution in [0.5, 0.6) is 0 Å². The molecule has 1 saturated carbocycles. The van der Waals surface area contributed by atoms with E-state index in [-0.39, 0.29) is 62.3 Å². The number of aliphatic hydroxyl groups excluding tert-OH is 2. The summed E-state index contributed by atoms with van der Waals surface area (Å²) in [7, 11) is -3.31. The summed E-state index contributed by atoms with van der Waals surface area (Å²) in [5, 5.41) is 30.3. The van der Waals surface area contributed by atoms with Crippen molar-refractivity contribution in [1.29, 1.82) is 0 Å². The van der Waals surface area contributed by atoms with Crippen molar-refractivity contribution >= 4 is 31.7 Å². The van der Waals surface area contributed by atoms with Gasteiger partial charge in [0.1, 0.15) is 0 Å². The van der Waals surface area contributed by atoms with E-state index in [2.05, 4.69) is 21.3 Å². The molecule has 0 spiro atoms. The van der Waals surface area contributed by atoms with Gasteiger partial charge < -0.3 is 53.3 Å². The van der Waals surface area contributed by atoms with Crippen LogP contribution in [-0.4, -0.2) is 99.8 Å². The van der Waals surface area contributed by atoms with Crippen molar-refractivity contribution in [3.8, 4) is 0 Å². The predicted molar refractivity (Wildman–Crippen MR) is 163 cm³/mol. The molecule has 1 rings (SSSR count). The van der Waals surface area contributed by atoms with Crippen molar-refractivity contribution in [2.45, 2.75) is 102 Å². The Hall–Kier alpha value is -2.13. The Kier molecular flexibility index (Phi) is 19.0. The third kappa shape index (κ3) is 14.0. The minimum absolute atomic E-state index is 0. The predicted octanol–water partition coefficient (Wildman–Crippen LogP) is -2.12. The number of hydrogen-bond donors (Lipinski definition) is 9. The van der Waals surface area contributed by atoms with Gasteiger partial charge in [0.15, 0.2) is 8.03 Å². The minimum atomic E-state index is -3.31. The lowest BCUT2D eigenvalue weighted by atomic mass is 9.74. The molecule has 13 N–H and O–H groups in total. The normalized spacial score (nSPS) is 17.7. The average Bonchev–Trinajstić information content (AvgIpc) is 2.95. The fourth-order valence-corrected chi connectivity index (χ4v) is 6.63. The molecule has 0 aromatic rings. The average molecular weight is 639 g/mol. The van der Waals surface area contributed by atoms with E-state index in [4.69, 9.17) is 11.5 Å². The summed E-state index contributed by atoms with van der Waals surface area (Å²) >= 11 is 0. The third-order valence-electron chi connectivity index (χ3n) is 7.97. The van der Waals surface area contributed by atoms with Crippen LogP contribution in [0.3, 0.4) is 0 Å². The lowest BCUT2D eigenvalue weighted by Gasteiger charge is -2.43. The van der Waals surface area contributed by atoms with Gasteiger partial charge in [-0.1, -0.05) is 47.0 Å². The molecule has 43 heavy (non-hydrogen) atoms. The fourth-order valence-electron chi connectivity index (χ4n) is 5.17. The van der Waals surface area contributed by atoms with Crippen LogP contribution in [0.1, 0.15) is 72.6 Å². The summed E-state index contributed by atoms with van der Waals surface area (Å²) in [6.45, 7) is 6.00. The molecule has 0 bridgehead atoms. The van der Waals surface area contributed by atoms with Crippen molar-refractivity contribution < 1.29 is 44.3 Å². The van der Waals surface area contributed by atoms with Crippen molar-refractivity contribution in [2.24, 2.45) is 29.2 Å². The highest BCUT2D eigenvalue weighted by molar-refractivity contribution is 7.40. The van der Waals surface area contributed by atoms with Crippen LogP contribution < -0.4 is 32.7 Å². The number of carbonyl (C=O) groups is 4. The van der Waals surface area contributed by atoms with Gasteiger partial charge in [-0.05, 0) is 43.4 Å². The molecule has 1 aliphatic rings. The largest absolute Gasteiger partial charge is 0.412 e. The smallest absolute Gasteiger partial charge is 0.239 e. The first-order valence-electron chi connectivity index (χ1n) is 14.8. The van der Waals surface area contributed by atoms with E-state index >= 15 is 0 Å². The molecular formula is C27H55N6O9P. The Morgan fingerprint density at radius 3 is 1.47 bits per heavy atom. The minimum Gasteiger partial charge on any atom is -0.412 e. The number of hydrogen-bond acceptors (Lipinski definition) is 9. The van der Waals surface area contributed by atoms with E-state index < -0.39 is 61.1 Å². The quantitative estimate of drug-likeness (QED) is 0.0736. The molecule has 1 unspecified atom stereocenters. The highest BCUT2D eigenvalue weighted by Gasteiger charge is 2.46. The van der Waals surface area contributed by atoms with Gasteiger partial charge in [-0.2, -0.15) is 0 Å². The lowest BCUT2D eigenvalue weighted by Crippen LogP contribution is -2.49. The van der Waals surface area contributed by atoms with Crippen LogP contribution in [0.15, 0.2) is 0 Å². The molecular weight excluding hydrogens is 583 g/mol. The molecule has 1 aliphatic carbocycles. The molecule has 15 nitrogen and oxygen atoms in total. The Morgan fingerprint density at radius 2 is 1.14 bits per heavy atom. The van der Waals surface area contributed by atoms with Crippen LogP contribution in [0.4, 0.5) is 0 Å². The van der Waals surface area contributed by atoms with Gasteiger partial charge in [0.05, 0.1) is 42.5 Å². The van der Waals surface area contributed by atoms with Gasteiger partial charge in [-0.15, -0.1) is 0 Å². The number of aliphatic hydroxyl groups is 2. The monoisotopic (exact) mass is 638 g/mol. The molecule has 16 heteroatoms. The summed E-state index contributed by atoms with van der Waals surface area (Å²) in [4.78, 5) is 59.0. The molecule has 0 aromatic carbocycles. The summed E-state index contributed by atoms with van der Waals surface area (Å²) in [6, 6.07) is -1.53. The van der Waals surface area contributed by atoms with Gasteiger partial charge in [-0.25, -0.2) is 0 Å². The number of nitrogens with two attached hydrogens (primary N) is 2. The second-order valence-corrected chi connectivity index (χ2v) is 13.7. The second-order valence-electron chi connectivity index (χ2n) is 12.1. The van der Waals surface area contributed by atoms with Crippen LogP contribution in [0.25, 0.3) is 0 Å². The zero-order valence-electron chi connectivity index (χ0n) is 25.9. The van der Waals surface area contributed by atoms with Gasteiger partial charge >= 0.3 is 0 Å². The van der Waals surface area contributed by atoms with Gasteiger partial charge in [0, 0.05) is 13.1 Å². The second kappa shape index (κ2) is 20.0. The van der Waals surface area contributed by atoms with Crippen LogP contribution >= 0.6 is 8.03 Å². The van der Waals surface area contributed by atoms with Gasteiger partial charge in [0.2, 0.25) is 23.6 Å². The Bertz CT molecular complexity index is 863. The number of rotatable bonds is 18. The van der Waals surface area contributed by atoms with E-state index in [1.54, 1.807) is 27.7 Å². The zero-order valence-corrected chi connectivity index (χ0v) is 26.9. The van der Waals surface area contributed by atoms with Crippen molar-refractivity contribution in [2.75, 3.05) is 26.2 Å². The highest BCUT2D eigenvalue weighted by atomic mass is 31.1. The Labute approximate surface area is 254 Å². The number of amides is 4. The molecule has 4 amide bonds. The standard InChI is InChI=1S/C27H53N6O8P.H2O/c1-16(2)23(28)25(38)32-14-21(36)30-12-19(34)10-27(42(40)41,18-8-6-5-7-9-18)11-20(35)13-31-22(37)15-33-26(39)24(29)17(3)4;/h16-20,23-24,34-35,42H,5-15,28-29H2,1-4H3,(H,30,36)(H,31,37)(H,32,38)(H,33,39)(H,40,41);1H2/t19-,20-,23+,24+;/m1./s1. The van der Waals surface area contributed by atoms with Crippen LogP contribution in [0, 0.1) is 17.8 Å². The molecule has 0 aromatic heterocycles. The first-order valence-corrected chi connectivity index (χ1v) is 16.2. The zero-order chi connectivity index (χ0) is 32.0. The Morgan fingerprint density at radius 1 is 0.767 bits per heavy atom. The molecule has 1 fully saturated rings. The summed E-state index contributed by atoms with van der Waals surface area (Å²) in [5.41, 5.74) is 11.5. The van der Waals surface area contributed by atoms with Crippen molar-refractivity contribution in [3.05, 3.63) is 0 Å². The van der Waals surface area contributed by atoms with E-state index in [0.29, 0.717) is 12.8 Å². The van der Waals surface area contributed by atoms with Crippen LogP contribution in [-0.2, 0) is 23.7 Å². The van der Waals surface area contributed by atoms with E-state index in [0.717, 1.165) is 19.3 Å². The van der Waals surface area contributed by atoms with Gasteiger partial charge in [0.25, 0.3) is 0 Å². The van der Waals surface area contributed by atoms with Gasteiger partial charge in [-0.3, -0.25) is 23.7 Å². The topological polar surface area (TPSA) is 278 Å². The Balaban J connectivity index is 0.0000176. The molecule has 0 aliphatic heterocycles. The highest BCUT2D eigenvalue weighted by Crippen LogP contribution is 2.53. The summed E-state index contributed by atoms with van der Waals surface area (Å²) in [6.07, 6.45) is 1.28. The van der Waals surface area contributed by atoms with E-state index in [9.17, 15) is 38.8 Å². The maximum atomic E-state index is 12.9. The van der Waals surface area contributed by atoms with Crippen LogP contribution in [0.2, 0.25) is 0 Å². The SMILES string of the molecule is CC(C)[C@H](N)C(=O)NCC(=O)NC[C@H](O)CC(C[C@@H](O)CNC(=O)CNC(=O)[C@@H](N)C(C)C)(C1CCCCC1)[PH](=O)O.O. The number of carbonyl (C=O) groups excluding carboxylic acids is 4. The molecule has 5 atom stereocenters. The van der Waals surface area contributed by atoms with E-state index in [1.807, 2.05) is 0 Å². The fraction of sp³-hybridized carbons (Fsp3) is 0.852. The third-order valence-corrected chi connectivity index (χ3v) is 9.64. The summed E-state index contributed by atoms with van der Waals surface area (Å²) < 4.78 is 12.9. The molecule has 0 heterocycles. The van der Waals surface area contributed by atoms with Crippen molar-refractivity contribution in [1.82, 2.24) is 21.3 Å². The molecule has 0 radical (unpaired) electrons. The maximum Gasteiger partial charge on any atom is 0.239 e. The lowest BCUT2D eigenvalue weighted by molar-refractivity contribution is -0.127.